The maximum absolute atomic E-state index is 12.5. The van der Waals surface area contributed by atoms with Crippen LogP contribution in [-0.2, 0) is 17.5 Å². The van der Waals surface area contributed by atoms with Crippen LogP contribution < -0.4 is 5.73 Å². The van der Waals surface area contributed by atoms with Crippen molar-refractivity contribution >= 4 is 5.82 Å². The van der Waals surface area contributed by atoms with Crippen LogP contribution in [0.1, 0.15) is 11.3 Å². The van der Waals surface area contributed by atoms with E-state index in [9.17, 15) is 13.2 Å². The Morgan fingerprint density at radius 3 is 2.35 bits per heavy atom. The number of methoxy groups -OCH3 is 1. The van der Waals surface area contributed by atoms with E-state index in [2.05, 4.69) is 9.97 Å². The summed E-state index contributed by atoms with van der Waals surface area (Å²) in [7, 11) is 1.51. The average Bonchev–Trinajstić information content (AvgIpc) is 2.37. The number of alkyl halides is 3. The Morgan fingerprint density at radius 2 is 1.80 bits per heavy atom. The average molecular weight is 283 g/mol. The van der Waals surface area contributed by atoms with E-state index in [1.54, 1.807) is 6.07 Å². The molecule has 1 heterocycles. The number of rotatable bonds is 3. The number of ether oxygens (including phenoxy) is 1. The molecular weight excluding hydrogens is 271 g/mol. The van der Waals surface area contributed by atoms with E-state index in [0.717, 1.165) is 12.1 Å². The van der Waals surface area contributed by atoms with E-state index in [1.807, 2.05) is 0 Å². The van der Waals surface area contributed by atoms with Crippen LogP contribution in [0.5, 0.6) is 0 Å². The van der Waals surface area contributed by atoms with Crippen molar-refractivity contribution in [1.82, 2.24) is 9.97 Å². The number of aromatic nitrogens is 2. The van der Waals surface area contributed by atoms with Gasteiger partial charge < -0.3 is 10.5 Å². The fraction of sp³-hybridized carbons (Fsp3) is 0.231. The van der Waals surface area contributed by atoms with E-state index in [4.69, 9.17) is 10.5 Å². The Labute approximate surface area is 113 Å². The highest BCUT2D eigenvalue weighted by molar-refractivity contribution is 5.57. The summed E-state index contributed by atoms with van der Waals surface area (Å²) in [6.45, 7) is 0.250. The van der Waals surface area contributed by atoms with Gasteiger partial charge in [-0.05, 0) is 12.1 Å². The van der Waals surface area contributed by atoms with Gasteiger partial charge in [-0.1, -0.05) is 12.1 Å². The van der Waals surface area contributed by atoms with Gasteiger partial charge in [0.05, 0.1) is 17.9 Å². The quantitative estimate of drug-likeness (QED) is 0.940. The molecule has 0 aliphatic heterocycles. The lowest BCUT2D eigenvalue weighted by atomic mass is 10.1. The largest absolute Gasteiger partial charge is 0.416 e. The lowest BCUT2D eigenvalue weighted by molar-refractivity contribution is -0.137. The SMILES string of the molecule is COCc1cc(N)nc(-c2ccc(C(F)(F)F)cc2)n1. The molecular formula is C13H12F3N3O. The summed E-state index contributed by atoms with van der Waals surface area (Å²) in [5.41, 5.74) is 5.94. The van der Waals surface area contributed by atoms with Crippen molar-refractivity contribution in [2.75, 3.05) is 12.8 Å². The van der Waals surface area contributed by atoms with Crippen LogP contribution in [0.3, 0.4) is 0 Å². The topological polar surface area (TPSA) is 61.0 Å². The molecule has 0 atom stereocenters. The molecule has 2 aromatic rings. The van der Waals surface area contributed by atoms with Crippen LogP contribution in [0, 0.1) is 0 Å². The third-order valence-corrected chi connectivity index (χ3v) is 2.56. The van der Waals surface area contributed by atoms with Crippen LogP contribution in [0.25, 0.3) is 11.4 Å². The van der Waals surface area contributed by atoms with Gasteiger partial charge in [0.15, 0.2) is 5.82 Å². The van der Waals surface area contributed by atoms with Gasteiger partial charge in [0, 0.05) is 18.7 Å². The first-order valence-electron chi connectivity index (χ1n) is 5.70. The van der Waals surface area contributed by atoms with E-state index in [-0.39, 0.29) is 18.2 Å². The molecule has 0 saturated heterocycles. The minimum Gasteiger partial charge on any atom is -0.384 e. The van der Waals surface area contributed by atoms with Crippen LogP contribution >= 0.6 is 0 Å². The van der Waals surface area contributed by atoms with Gasteiger partial charge in [-0.25, -0.2) is 9.97 Å². The molecule has 1 aromatic heterocycles. The fourth-order valence-corrected chi connectivity index (χ4v) is 1.68. The number of hydrogen-bond donors (Lipinski definition) is 1. The maximum Gasteiger partial charge on any atom is 0.416 e. The number of nitrogens with zero attached hydrogens (tertiary/aromatic N) is 2. The molecule has 0 amide bonds. The molecule has 0 bridgehead atoms. The van der Waals surface area contributed by atoms with Crippen molar-refractivity contribution in [2.45, 2.75) is 12.8 Å². The van der Waals surface area contributed by atoms with Crippen molar-refractivity contribution in [2.24, 2.45) is 0 Å². The zero-order valence-corrected chi connectivity index (χ0v) is 10.6. The zero-order valence-electron chi connectivity index (χ0n) is 10.6. The molecule has 0 saturated carbocycles. The Hall–Kier alpha value is -2.15. The molecule has 4 nitrogen and oxygen atoms in total. The summed E-state index contributed by atoms with van der Waals surface area (Å²) >= 11 is 0. The normalized spacial score (nSPS) is 11.6. The standard InChI is InChI=1S/C13H12F3N3O/c1-20-7-10-6-11(17)19-12(18-10)8-2-4-9(5-3-8)13(14,15)16/h2-6H,7H2,1H3,(H2,17,18,19). The zero-order chi connectivity index (χ0) is 14.8. The van der Waals surface area contributed by atoms with Crippen molar-refractivity contribution in [1.29, 1.82) is 0 Å². The molecule has 0 aliphatic carbocycles. The number of hydrogen-bond acceptors (Lipinski definition) is 4. The first-order valence-corrected chi connectivity index (χ1v) is 5.70. The van der Waals surface area contributed by atoms with Gasteiger partial charge in [-0.3, -0.25) is 0 Å². The third kappa shape index (κ3) is 3.24. The predicted molar refractivity (Wildman–Crippen MR) is 67.6 cm³/mol. The van der Waals surface area contributed by atoms with Crippen molar-refractivity contribution < 1.29 is 17.9 Å². The highest BCUT2D eigenvalue weighted by atomic mass is 19.4. The summed E-state index contributed by atoms with van der Waals surface area (Å²) < 4.78 is 42.4. The monoisotopic (exact) mass is 283 g/mol. The highest BCUT2D eigenvalue weighted by Gasteiger charge is 2.30. The third-order valence-electron chi connectivity index (χ3n) is 2.56. The minimum atomic E-state index is -4.36. The summed E-state index contributed by atoms with van der Waals surface area (Å²) in [5, 5.41) is 0. The summed E-state index contributed by atoms with van der Waals surface area (Å²) in [4.78, 5) is 8.20. The van der Waals surface area contributed by atoms with Gasteiger partial charge in [0.2, 0.25) is 0 Å². The molecule has 0 unspecified atom stereocenters. The molecule has 0 fully saturated rings. The van der Waals surface area contributed by atoms with Gasteiger partial charge >= 0.3 is 6.18 Å². The van der Waals surface area contributed by atoms with Gasteiger partial charge in [0.25, 0.3) is 0 Å². The van der Waals surface area contributed by atoms with E-state index >= 15 is 0 Å². The number of halogens is 3. The van der Waals surface area contributed by atoms with Gasteiger partial charge in [0.1, 0.15) is 5.82 Å². The van der Waals surface area contributed by atoms with Gasteiger partial charge in [-0.15, -0.1) is 0 Å². The number of nitrogen functional groups attached to an aromatic ring is 1. The second kappa shape index (κ2) is 5.46. The Bertz CT molecular complexity index is 597. The molecule has 0 radical (unpaired) electrons. The maximum atomic E-state index is 12.5. The predicted octanol–water partition coefficient (Wildman–Crippen LogP) is 2.89. The van der Waals surface area contributed by atoms with E-state index < -0.39 is 11.7 Å². The molecule has 106 valence electrons. The molecule has 20 heavy (non-hydrogen) atoms. The fourth-order valence-electron chi connectivity index (χ4n) is 1.68. The number of anilines is 1. The van der Waals surface area contributed by atoms with Crippen molar-refractivity contribution in [3.8, 4) is 11.4 Å². The van der Waals surface area contributed by atoms with Crippen molar-refractivity contribution in [3.63, 3.8) is 0 Å². The Morgan fingerprint density at radius 1 is 1.15 bits per heavy atom. The second-order valence-corrected chi connectivity index (χ2v) is 4.12. The van der Waals surface area contributed by atoms with Crippen LogP contribution in [0.2, 0.25) is 0 Å². The Balaban J connectivity index is 2.36. The molecule has 0 spiro atoms. The van der Waals surface area contributed by atoms with E-state index in [1.165, 1.54) is 19.2 Å². The molecule has 0 aliphatic rings. The Kier molecular flexibility index (Phi) is 3.89. The first kappa shape index (κ1) is 14.3. The molecule has 7 heteroatoms. The second-order valence-electron chi connectivity index (χ2n) is 4.12. The first-order chi connectivity index (χ1) is 9.40. The molecule has 1 aromatic carbocycles. The molecule has 2 rings (SSSR count). The molecule has 2 N–H and O–H groups in total. The lowest BCUT2D eigenvalue weighted by Crippen LogP contribution is -2.05. The summed E-state index contributed by atoms with van der Waals surface area (Å²) in [5.74, 6) is 0.507. The van der Waals surface area contributed by atoms with Crippen LogP contribution in [0.4, 0.5) is 19.0 Å². The summed E-state index contributed by atoms with van der Waals surface area (Å²) in [6.07, 6.45) is -4.36. The lowest BCUT2D eigenvalue weighted by Gasteiger charge is -2.08. The smallest absolute Gasteiger partial charge is 0.384 e. The van der Waals surface area contributed by atoms with E-state index in [0.29, 0.717) is 11.3 Å². The minimum absolute atomic E-state index is 0.238. The summed E-state index contributed by atoms with van der Waals surface area (Å²) in [6, 6.07) is 6.15. The number of nitrogens with two attached hydrogens (primary N) is 1. The van der Waals surface area contributed by atoms with Gasteiger partial charge in [-0.2, -0.15) is 13.2 Å². The number of benzene rings is 1. The van der Waals surface area contributed by atoms with Crippen LogP contribution in [0.15, 0.2) is 30.3 Å². The highest BCUT2D eigenvalue weighted by Crippen LogP contribution is 2.30. The van der Waals surface area contributed by atoms with Crippen LogP contribution in [-0.4, -0.2) is 17.1 Å². The van der Waals surface area contributed by atoms with Crippen molar-refractivity contribution in [3.05, 3.63) is 41.6 Å².